The molecule has 3 atom stereocenters. The first-order chi connectivity index (χ1) is 9.67. The Hall–Kier alpha value is -0.930. The van der Waals surface area contributed by atoms with Crippen molar-refractivity contribution < 1.29 is 4.39 Å². The lowest BCUT2D eigenvalue weighted by molar-refractivity contribution is 0.0791. The highest BCUT2D eigenvalue weighted by atomic mass is 19.1. The van der Waals surface area contributed by atoms with Crippen molar-refractivity contribution in [1.29, 1.82) is 0 Å². The van der Waals surface area contributed by atoms with Crippen molar-refractivity contribution >= 4 is 0 Å². The third-order valence-corrected chi connectivity index (χ3v) is 5.15. The highest BCUT2D eigenvalue weighted by Crippen LogP contribution is 2.37. The van der Waals surface area contributed by atoms with Crippen LogP contribution in [-0.4, -0.2) is 36.1 Å². The number of hydrogen-bond acceptors (Lipinski definition) is 2. The van der Waals surface area contributed by atoms with Crippen LogP contribution >= 0.6 is 0 Å². The van der Waals surface area contributed by atoms with E-state index in [9.17, 15) is 4.39 Å². The average molecular weight is 276 g/mol. The predicted molar refractivity (Wildman–Crippen MR) is 80.3 cm³/mol. The summed E-state index contributed by atoms with van der Waals surface area (Å²) >= 11 is 0. The molecule has 20 heavy (non-hydrogen) atoms. The van der Waals surface area contributed by atoms with Crippen LogP contribution in [-0.2, 0) is 6.42 Å². The molecule has 2 nitrogen and oxygen atoms in total. The maximum absolute atomic E-state index is 13.0. The molecule has 0 aromatic heterocycles. The Morgan fingerprint density at radius 2 is 1.80 bits per heavy atom. The van der Waals surface area contributed by atoms with E-state index in [1.54, 1.807) is 12.1 Å². The first-order valence-electron chi connectivity index (χ1n) is 7.86. The molecule has 0 amide bonds. The maximum atomic E-state index is 13.0. The zero-order chi connectivity index (χ0) is 14.1. The van der Waals surface area contributed by atoms with Crippen molar-refractivity contribution in [1.82, 2.24) is 10.2 Å². The van der Waals surface area contributed by atoms with Crippen LogP contribution in [0.15, 0.2) is 24.3 Å². The van der Waals surface area contributed by atoms with Crippen molar-refractivity contribution in [3.05, 3.63) is 35.6 Å². The monoisotopic (exact) mass is 276 g/mol. The van der Waals surface area contributed by atoms with E-state index in [2.05, 4.69) is 24.2 Å². The summed E-state index contributed by atoms with van der Waals surface area (Å²) in [7, 11) is 2.09. The number of hydrogen-bond donors (Lipinski definition) is 1. The fraction of sp³-hybridized carbons (Fsp3) is 0.647. The van der Waals surface area contributed by atoms with E-state index in [0.717, 1.165) is 18.5 Å². The van der Waals surface area contributed by atoms with E-state index in [1.807, 2.05) is 12.1 Å². The van der Waals surface area contributed by atoms with Gasteiger partial charge in [0, 0.05) is 24.2 Å². The number of halogens is 1. The molecule has 3 heteroatoms. The molecule has 0 radical (unpaired) electrons. The Labute approximate surface area is 121 Å². The van der Waals surface area contributed by atoms with Gasteiger partial charge in [-0.3, -0.25) is 4.90 Å². The lowest BCUT2D eigenvalue weighted by atomic mass is 9.94. The second kappa shape index (κ2) is 5.82. The number of nitrogens with one attached hydrogen (secondary N) is 1. The second-order valence-corrected chi connectivity index (χ2v) is 6.47. The Morgan fingerprint density at radius 1 is 1.20 bits per heavy atom. The molecule has 2 bridgehead atoms. The fourth-order valence-electron chi connectivity index (χ4n) is 4.24. The normalized spacial score (nSPS) is 31.4. The van der Waals surface area contributed by atoms with Crippen LogP contribution in [0.25, 0.3) is 0 Å². The number of piperidine rings is 1. The smallest absolute Gasteiger partial charge is 0.123 e. The van der Waals surface area contributed by atoms with Gasteiger partial charge in [-0.1, -0.05) is 12.1 Å². The third-order valence-electron chi connectivity index (χ3n) is 5.15. The summed E-state index contributed by atoms with van der Waals surface area (Å²) in [5, 5.41) is 3.45. The van der Waals surface area contributed by atoms with Crippen molar-refractivity contribution in [2.75, 3.05) is 7.05 Å². The lowest BCUT2D eigenvalue weighted by Crippen LogP contribution is -2.52. The first kappa shape index (κ1) is 14.0. The summed E-state index contributed by atoms with van der Waals surface area (Å²) in [4.78, 5) is 2.73. The van der Waals surface area contributed by atoms with Crippen LogP contribution in [0.2, 0.25) is 0 Å². The van der Waals surface area contributed by atoms with Gasteiger partial charge in [-0.25, -0.2) is 4.39 Å². The highest BCUT2D eigenvalue weighted by molar-refractivity contribution is 5.17. The van der Waals surface area contributed by atoms with Crippen molar-refractivity contribution in [2.24, 2.45) is 0 Å². The molecule has 3 unspecified atom stereocenters. The molecule has 0 spiro atoms. The summed E-state index contributed by atoms with van der Waals surface area (Å²) in [5.74, 6) is -0.142. The molecule has 1 N–H and O–H groups in total. The molecule has 0 saturated carbocycles. The fourth-order valence-corrected chi connectivity index (χ4v) is 4.24. The standard InChI is InChI=1S/C17H25FN2/c1-12(9-13-3-5-14(18)6-4-13)20-16-7-8-17(20)11-15(10-16)19-2/h3-6,12,15-17,19H,7-11H2,1-2H3. The van der Waals surface area contributed by atoms with Crippen molar-refractivity contribution in [2.45, 2.75) is 63.2 Å². The minimum Gasteiger partial charge on any atom is -0.317 e. The molecule has 2 saturated heterocycles. The van der Waals surface area contributed by atoms with Gasteiger partial charge >= 0.3 is 0 Å². The Morgan fingerprint density at radius 3 is 2.35 bits per heavy atom. The molecule has 2 fully saturated rings. The van der Waals surface area contributed by atoms with Crippen molar-refractivity contribution in [3.8, 4) is 0 Å². The van der Waals surface area contributed by atoms with Crippen LogP contribution in [0.3, 0.4) is 0 Å². The van der Waals surface area contributed by atoms with Crippen molar-refractivity contribution in [3.63, 3.8) is 0 Å². The van der Waals surface area contributed by atoms with Crippen LogP contribution in [0.4, 0.5) is 4.39 Å². The molecular formula is C17H25FN2. The predicted octanol–water partition coefficient (Wildman–Crippen LogP) is 2.97. The van der Waals surface area contributed by atoms with Gasteiger partial charge in [-0.05, 0) is 63.8 Å². The number of rotatable bonds is 4. The molecule has 2 heterocycles. The lowest BCUT2D eigenvalue weighted by Gasteiger charge is -2.42. The molecule has 1 aromatic rings. The summed E-state index contributed by atoms with van der Waals surface area (Å²) in [6.07, 6.45) is 6.27. The van der Waals surface area contributed by atoms with Gasteiger partial charge in [0.25, 0.3) is 0 Å². The van der Waals surface area contributed by atoms with E-state index < -0.39 is 0 Å². The number of nitrogens with zero attached hydrogens (tertiary/aromatic N) is 1. The zero-order valence-electron chi connectivity index (χ0n) is 12.5. The summed E-state index contributed by atoms with van der Waals surface area (Å²) in [6.45, 7) is 2.33. The maximum Gasteiger partial charge on any atom is 0.123 e. The molecule has 1 aromatic carbocycles. The van der Waals surface area contributed by atoms with Crippen LogP contribution < -0.4 is 5.32 Å². The van der Waals surface area contributed by atoms with Gasteiger partial charge in [0.15, 0.2) is 0 Å². The first-order valence-corrected chi connectivity index (χ1v) is 7.86. The molecular weight excluding hydrogens is 251 g/mol. The van der Waals surface area contributed by atoms with Gasteiger partial charge < -0.3 is 5.32 Å². The Bertz CT molecular complexity index is 431. The quantitative estimate of drug-likeness (QED) is 0.909. The Kier molecular flexibility index (Phi) is 4.08. The van der Waals surface area contributed by atoms with Gasteiger partial charge in [0.2, 0.25) is 0 Å². The van der Waals surface area contributed by atoms with Gasteiger partial charge in [-0.15, -0.1) is 0 Å². The minimum absolute atomic E-state index is 0.142. The van der Waals surface area contributed by atoms with Crippen LogP contribution in [0, 0.1) is 5.82 Å². The molecule has 110 valence electrons. The second-order valence-electron chi connectivity index (χ2n) is 6.47. The molecule has 2 aliphatic heterocycles. The van der Waals surface area contributed by atoms with E-state index in [0.29, 0.717) is 12.1 Å². The van der Waals surface area contributed by atoms with Gasteiger partial charge in [-0.2, -0.15) is 0 Å². The number of fused-ring (bicyclic) bond motifs is 2. The number of benzene rings is 1. The van der Waals surface area contributed by atoms with Crippen LogP contribution in [0.1, 0.15) is 38.2 Å². The zero-order valence-corrected chi connectivity index (χ0v) is 12.5. The molecule has 2 aliphatic rings. The molecule has 3 rings (SSSR count). The third kappa shape index (κ3) is 2.75. The van der Waals surface area contributed by atoms with E-state index >= 15 is 0 Å². The highest BCUT2D eigenvalue weighted by Gasteiger charge is 2.42. The summed E-state index contributed by atoms with van der Waals surface area (Å²) in [5.41, 5.74) is 1.24. The Balaban J connectivity index is 1.66. The SMILES string of the molecule is CNC1CC2CCC(C1)N2C(C)Cc1ccc(F)cc1. The van der Waals surface area contributed by atoms with Gasteiger partial charge in [0.1, 0.15) is 5.82 Å². The largest absolute Gasteiger partial charge is 0.317 e. The topological polar surface area (TPSA) is 15.3 Å². The van der Waals surface area contributed by atoms with Gasteiger partial charge in [0.05, 0.1) is 0 Å². The minimum atomic E-state index is -0.142. The summed E-state index contributed by atoms with van der Waals surface area (Å²) < 4.78 is 13.0. The average Bonchev–Trinajstić information content (AvgIpc) is 2.72. The molecule has 0 aliphatic carbocycles. The van der Waals surface area contributed by atoms with Crippen LogP contribution in [0.5, 0.6) is 0 Å². The van der Waals surface area contributed by atoms with E-state index in [-0.39, 0.29) is 5.82 Å². The van der Waals surface area contributed by atoms with E-state index in [4.69, 9.17) is 0 Å². The summed E-state index contributed by atoms with van der Waals surface area (Å²) in [6, 6.07) is 9.72. The van der Waals surface area contributed by atoms with E-state index in [1.165, 1.54) is 31.2 Å².